The zero-order valence-electron chi connectivity index (χ0n) is 23.3. The van der Waals surface area contributed by atoms with Crippen LogP contribution >= 0.6 is 0 Å². The number of ketones is 1. The van der Waals surface area contributed by atoms with Crippen LogP contribution in [-0.4, -0.2) is 49.4 Å². The van der Waals surface area contributed by atoms with Gasteiger partial charge >= 0.3 is 6.09 Å². The van der Waals surface area contributed by atoms with Crippen molar-refractivity contribution in [2.75, 3.05) is 0 Å². The van der Waals surface area contributed by atoms with E-state index >= 15 is 0 Å². The molecule has 0 spiro atoms. The van der Waals surface area contributed by atoms with Crippen molar-refractivity contribution < 1.29 is 24.5 Å². The van der Waals surface area contributed by atoms with Crippen molar-refractivity contribution in [1.29, 1.82) is 0 Å². The summed E-state index contributed by atoms with van der Waals surface area (Å²) in [6.07, 6.45) is 0.0365. The van der Waals surface area contributed by atoms with Crippen LogP contribution in [0.1, 0.15) is 80.6 Å². The fourth-order valence-electron chi connectivity index (χ4n) is 5.12. The van der Waals surface area contributed by atoms with Gasteiger partial charge in [-0.2, -0.15) is 0 Å². The zero-order chi connectivity index (χ0) is 28.4. The highest BCUT2D eigenvalue weighted by Gasteiger charge is 2.48. The summed E-state index contributed by atoms with van der Waals surface area (Å²) in [6, 6.07) is 18.8. The number of imidazole rings is 1. The fourth-order valence-corrected chi connectivity index (χ4v) is 5.12. The molecule has 0 fully saturated rings. The lowest BCUT2D eigenvalue weighted by molar-refractivity contribution is 0.0134. The highest BCUT2D eigenvalue weighted by Crippen LogP contribution is 2.43. The molecule has 3 aromatic rings. The Labute approximate surface area is 230 Å². The lowest BCUT2D eigenvalue weighted by Crippen LogP contribution is -2.47. The molecule has 1 aromatic heterocycles. The molecule has 1 aliphatic rings. The number of nitrogens with one attached hydrogen (secondary N) is 1. The molecule has 4 atom stereocenters. The number of ether oxygens (including phenoxy) is 1. The second-order valence-corrected chi connectivity index (χ2v) is 11.9. The van der Waals surface area contributed by atoms with Gasteiger partial charge in [0.2, 0.25) is 0 Å². The third kappa shape index (κ3) is 6.57. The van der Waals surface area contributed by atoms with Crippen LogP contribution in [0.4, 0.5) is 4.79 Å². The van der Waals surface area contributed by atoms with Gasteiger partial charge in [0, 0.05) is 5.92 Å². The van der Waals surface area contributed by atoms with Crippen molar-refractivity contribution in [1.82, 2.24) is 14.9 Å². The monoisotopic (exact) mass is 533 g/mol. The van der Waals surface area contributed by atoms with Crippen LogP contribution in [0.3, 0.4) is 0 Å². The Morgan fingerprint density at radius 3 is 2.18 bits per heavy atom. The van der Waals surface area contributed by atoms with Gasteiger partial charge in [-0.05, 0) is 65.0 Å². The molecule has 8 heteroatoms. The summed E-state index contributed by atoms with van der Waals surface area (Å²) in [6.45, 7) is 8.81. The predicted octanol–water partition coefficient (Wildman–Crippen LogP) is 4.81. The van der Waals surface area contributed by atoms with Gasteiger partial charge in [0.1, 0.15) is 23.3 Å². The van der Waals surface area contributed by atoms with Crippen LogP contribution in [0.25, 0.3) is 0 Å². The number of hydrogen-bond donors (Lipinski definition) is 3. The number of amides is 1. The largest absolute Gasteiger partial charge is 0.444 e. The Hall–Kier alpha value is -3.49. The van der Waals surface area contributed by atoms with Crippen molar-refractivity contribution >= 4 is 11.9 Å². The van der Waals surface area contributed by atoms with E-state index in [9.17, 15) is 19.8 Å². The van der Waals surface area contributed by atoms with Gasteiger partial charge in [-0.15, -0.1) is 0 Å². The molecule has 0 bridgehead atoms. The van der Waals surface area contributed by atoms with E-state index in [4.69, 9.17) is 4.74 Å². The van der Waals surface area contributed by atoms with Crippen LogP contribution in [-0.2, 0) is 17.6 Å². The van der Waals surface area contributed by atoms with Gasteiger partial charge < -0.3 is 20.3 Å². The summed E-state index contributed by atoms with van der Waals surface area (Å²) in [5.41, 5.74) is 0.694. The zero-order valence-corrected chi connectivity index (χ0v) is 23.3. The number of fused-ring (bicyclic) bond motifs is 1. The van der Waals surface area contributed by atoms with Crippen LogP contribution in [0, 0.1) is 5.41 Å². The summed E-state index contributed by atoms with van der Waals surface area (Å²) in [5, 5.41) is 25.6. The third-order valence-electron chi connectivity index (χ3n) is 7.21. The van der Waals surface area contributed by atoms with E-state index in [1.54, 1.807) is 39.2 Å². The Balaban J connectivity index is 1.65. The first kappa shape index (κ1) is 28.5. The number of rotatable bonds is 9. The summed E-state index contributed by atoms with van der Waals surface area (Å²) >= 11 is 0. The van der Waals surface area contributed by atoms with Crippen molar-refractivity contribution in [3.63, 3.8) is 0 Å². The normalized spacial score (nSPS) is 18.7. The van der Waals surface area contributed by atoms with Crippen LogP contribution in [0.2, 0.25) is 0 Å². The van der Waals surface area contributed by atoms with Crippen LogP contribution in [0.15, 0.2) is 66.9 Å². The summed E-state index contributed by atoms with van der Waals surface area (Å²) in [5.74, 6) is 0.0302. The lowest BCUT2D eigenvalue weighted by Gasteiger charge is -2.30. The minimum atomic E-state index is -1.06. The molecule has 1 amide bonds. The molecule has 2 heterocycles. The molecule has 4 rings (SSSR count). The van der Waals surface area contributed by atoms with Crippen LogP contribution < -0.4 is 5.32 Å². The number of benzene rings is 2. The van der Waals surface area contributed by atoms with Crippen molar-refractivity contribution in [2.45, 2.75) is 83.8 Å². The SMILES string of the molecule is CC(C)(C)OC(=O)N[C@@H](Cc1ccccc1)[C@@H](O)C[C@@H](Cc1ccccc1)c1ncc2n1C(O)C(C)(C)C2=O. The summed E-state index contributed by atoms with van der Waals surface area (Å²) in [7, 11) is 0. The molecule has 0 aliphatic carbocycles. The molecular formula is C31H39N3O5. The maximum Gasteiger partial charge on any atom is 0.407 e. The minimum Gasteiger partial charge on any atom is -0.444 e. The van der Waals surface area contributed by atoms with Crippen LogP contribution in [0.5, 0.6) is 0 Å². The van der Waals surface area contributed by atoms with Crippen molar-refractivity contribution in [3.8, 4) is 0 Å². The second kappa shape index (κ2) is 11.3. The first-order chi connectivity index (χ1) is 18.4. The smallest absolute Gasteiger partial charge is 0.407 e. The molecule has 39 heavy (non-hydrogen) atoms. The van der Waals surface area contributed by atoms with E-state index in [-0.39, 0.29) is 18.1 Å². The maximum absolute atomic E-state index is 13.0. The maximum atomic E-state index is 13.0. The van der Waals surface area contributed by atoms with Gasteiger partial charge in [-0.25, -0.2) is 9.78 Å². The summed E-state index contributed by atoms with van der Waals surface area (Å²) < 4.78 is 7.10. The molecular weight excluding hydrogens is 494 g/mol. The number of aliphatic hydroxyl groups is 2. The molecule has 0 saturated heterocycles. The molecule has 3 N–H and O–H groups in total. The van der Waals surface area contributed by atoms with E-state index in [1.165, 1.54) is 6.20 Å². The van der Waals surface area contributed by atoms with Gasteiger partial charge in [0.25, 0.3) is 0 Å². The highest BCUT2D eigenvalue weighted by atomic mass is 16.6. The number of carbonyl (C=O) groups is 2. The Morgan fingerprint density at radius 2 is 1.62 bits per heavy atom. The number of alkyl carbamates (subject to hydrolysis) is 1. The number of nitrogens with zero attached hydrogens (tertiary/aromatic N) is 2. The predicted molar refractivity (Wildman–Crippen MR) is 148 cm³/mol. The van der Waals surface area contributed by atoms with Gasteiger partial charge in [-0.1, -0.05) is 60.7 Å². The molecule has 8 nitrogen and oxygen atoms in total. The quantitative estimate of drug-likeness (QED) is 0.364. The average molecular weight is 534 g/mol. The molecule has 1 unspecified atom stereocenters. The first-order valence-electron chi connectivity index (χ1n) is 13.4. The lowest BCUT2D eigenvalue weighted by atomic mass is 9.87. The molecule has 1 aliphatic heterocycles. The standard InChI is InChI=1S/C31H39N3O5/c1-30(2,3)39-29(38)33-23(17-21-14-10-7-11-15-21)25(35)18-22(16-20-12-8-6-9-13-20)27-32-19-24-26(36)31(4,5)28(37)34(24)27/h6-15,19,22-23,25,28,35,37H,16-18H2,1-5H3,(H,33,38)/t22-,23+,25+,28?/m1/s1. The average Bonchev–Trinajstić information content (AvgIpc) is 3.37. The molecule has 2 aromatic carbocycles. The number of aliphatic hydroxyl groups excluding tert-OH is 2. The Kier molecular flexibility index (Phi) is 8.28. The molecule has 0 saturated carbocycles. The van der Waals surface area contributed by atoms with E-state index in [2.05, 4.69) is 10.3 Å². The van der Waals surface area contributed by atoms with E-state index in [0.29, 0.717) is 24.4 Å². The van der Waals surface area contributed by atoms with Crippen molar-refractivity contribution in [3.05, 3.63) is 89.5 Å². The van der Waals surface area contributed by atoms with Gasteiger partial charge in [0.05, 0.1) is 23.8 Å². The topological polar surface area (TPSA) is 114 Å². The summed E-state index contributed by atoms with van der Waals surface area (Å²) in [4.78, 5) is 30.3. The molecule has 208 valence electrons. The highest BCUT2D eigenvalue weighted by molar-refractivity contribution is 6.01. The van der Waals surface area contributed by atoms with Gasteiger partial charge in [0.15, 0.2) is 5.78 Å². The number of aromatic nitrogens is 2. The number of Topliss-reactive ketones (excluding diaryl/α,β-unsaturated/α-hetero) is 1. The van der Waals surface area contributed by atoms with Crippen molar-refractivity contribution in [2.24, 2.45) is 5.41 Å². The van der Waals surface area contributed by atoms with Gasteiger partial charge in [-0.3, -0.25) is 9.36 Å². The first-order valence-corrected chi connectivity index (χ1v) is 13.4. The Morgan fingerprint density at radius 1 is 1.05 bits per heavy atom. The van der Waals surface area contributed by atoms with E-state index < -0.39 is 35.5 Å². The third-order valence-corrected chi connectivity index (χ3v) is 7.21. The molecule has 0 radical (unpaired) electrons. The Bertz CT molecular complexity index is 1280. The fraction of sp³-hybridized carbons (Fsp3) is 0.452. The van der Waals surface area contributed by atoms with E-state index in [1.807, 2.05) is 60.7 Å². The van der Waals surface area contributed by atoms with E-state index in [0.717, 1.165) is 11.1 Å². The number of hydrogen-bond acceptors (Lipinski definition) is 6. The minimum absolute atomic E-state index is 0.165. The number of carbonyl (C=O) groups excluding carboxylic acids is 2. The second-order valence-electron chi connectivity index (χ2n) is 11.9.